The first kappa shape index (κ1) is 16.1. The van der Waals surface area contributed by atoms with Gasteiger partial charge in [-0.3, -0.25) is 4.79 Å². The second-order valence-corrected chi connectivity index (χ2v) is 7.47. The molecule has 0 aliphatic heterocycles. The van der Waals surface area contributed by atoms with E-state index in [-0.39, 0.29) is 16.7 Å². The number of rotatable bonds is 8. The van der Waals surface area contributed by atoms with Gasteiger partial charge in [-0.05, 0) is 17.9 Å². The Morgan fingerprint density at radius 3 is 2.74 bits per heavy atom. The van der Waals surface area contributed by atoms with E-state index in [1.54, 1.807) is 11.4 Å². The first-order valence-electron chi connectivity index (χ1n) is 6.25. The number of sulfonamides is 1. The number of carbonyl (C=O) groups excluding carboxylic acids is 1. The number of amides is 1. The van der Waals surface area contributed by atoms with Crippen molar-refractivity contribution in [2.24, 2.45) is 0 Å². The highest BCUT2D eigenvalue weighted by molar-refractivity contribution is 7.91. The topological polar surface area (TPSA) is 66.5 Å². The third-order valence-corrected chi connectivity index (χ3v) is 5.80. The first-order chi connectivity index (χ1) is 8.98. The Bertz CT molecular complexity index is 483. The number of thiophene rings is 1. The third-order valence-electron chi connectivity index (χ3n) is 2.63. The van der Waals surface area contributed by atoms with Crippen molar-refractivity contribution in [3.63, 3.8) is 0 Å². The summed E-state index contributed by atoms with van der Waals surface area (Å²) in [7, 11) is -2.12. The van der Waals surface area contributed by atoms with Gasteiger partial charge in [-0.15, -0.1) is 11.3 Å². The van der Waals surface area contributed by atoms with E-state index >= 15 is 0 Å². The summed E-state index contributed by atoms with van der Waals surface area (Å²) < 4.78 is 25.5. The highest BCUT2D eigenvalue weighted by Gasteiger charge is 2.23. The lowest BCUT2D eigenvalue weighted by Gasteiger charge is -2.15. The van der Waals surface area contributed by atoms with Crippen LogP contribution >= 0.6 is 11.3 Å². The molecule has 1 heterocycles. The molecular weight excluding hydrogens is 284 g/mol. The van der Waals surface area contributed by atoms with Crippen molar-refractivity contribution in [2.75, 3.05) is 20.1 Å². The number of carbonyl (C=O) groups is 1. The van der Waals surface area contributed by atoms with Crippen LogP contribution in [0.1, 0.15) is 26.2 Å². The zero-order valence-corrected chi connectivity index (χ0v) is 12.9. The lowest BCUT2D eigenvalue weighted by atomic mass is 10.2. The second kappa shape index (κ2) is 7.62. The van der Waals surface area contributed by atoms with Gasteiger partial charge in [0.05, 0.1) is 6.54 Å². The van der Waals surface area contributed by atoms with Gasteiger partial charge >= 0.3 is 0 Å². The Balaban J connectivity index is 2.46. The van der Waals surface area contributed by atoms with Gasteiger partial charge in [0.25, 0.3) is 10.0 Å². The Morgan fingerprint density at radius 2 is 2.16 bits per heavy atom. The van der Waals surface area contributed by atoms with Crippen LogP contribution in [0.2, 0.25) is 0 Å². The molecule has 5 nitrogen and oxygen atoms in total. The van der Waals surface area contributed by atoms with E-state index in [0.717, 1.165) is 34.9 Å². The standard InChI is InChI=1S/C12H20N2O3S2/c1-3-4-5-8-13-11(15)10-14(2)19(16,17)12-7-6-9-18-12/h6-7,9H,3-5,8,10H2,1-2H3,(H,13,15). The molecule has 1 aromatic heterocycles. The lowest BCUT2D eigenvalue weighted by molar-refractivity contribution is -0.121. The van der Waals surface area contributed by atoms with Crippen LogP contribution in [0.4, 0.5) is 0 Å². The van der Waals surface area contributed by atoms with Crippen molar-refractivity contribution in [3.05, 3.63) is 17.5 Å². The predicted octanol–water partition coefficient (Wildman–Crippen LogP) is 1.67. The number of hydrogen-bond donors (Lipinski definition) is 1. The molecule has 0 unspecified atom stereocenters. The minimum absolute atomic E-state index is 0.146. The zero-order chi connectivity index (χ0) is 14.3. The van der Waals surface area contributed by atoms with E-state index in [1.165, 1.54) is 13.1 Å². The molecule has 0 spiro atoms. The van der Waals surface area contributed by atoms with Crippen LogP contribution in [0.15, 0.2) is 21.7 Å². The molecular formula is C12H20N2O3S2. The van der Waals surface area contributed by atoms with Crippen LogP contribution in [-0.4, -0.2) is 38.8 Å². The largest absolute Gasteiger partial charge is 0.355 e. The van der Waals surface area contributed by atoms with Gasteiger partial charge in [-0.1, -0.05) is 25.8 Å². The van der Waals surface area contributed by atoms with Gasteiger partial charge in [-0.2, -0.15) is 4.31 Å². The minimum Gasteiger partial charge on any atom is -0.355 e. The maximum atomic E-state index is 12.1. The molecule has 0 fully saturated rings. The number of nitrogens with one attached hydrogen (secondary N) is 1. The molecule has 0 bridgehead atoms. The quantitative estimate of drug-likeness (QED) is 0.743. The van der Waals surface area contributed by atoms with Gasteiger partial charge < -0.3 is 5.32 Å². The Hall–Kier alpha value is -0.920. The fraction of sp³-hybridized carbons (Fsp3) is 0.583. The smallest absolute Gasteiger partial charge is 0.252 e. The fourth-order valence-corrected chi connectivity index (χ4v) is 3.84. The molecule has 0 aliphatic carbocycles. The summed E-state index contributed by atoms with van der Waals surface area (Å²) in [6.07, 6.45) is 3.07. The average molecular weight is 304 g/mol. The highest BCUT2D eigenvalue weighted by Crippen LogP contribution is 2.19. The van der Waals surface area contributed by atoms with Crippen LogP contribution in [0.5, 0.6) is 0 Å². The normalized spacial score (nSPS) is 11.7. The first-order valence-corrected chi connectivity index (χ1v) is 8.57. The molecule has 0 aromatic carbocycles. The average Bonchev–Trinajstić information content (AvgIpc) is 2.89. The number of unbranched alkanes of at least 4 members (excludes halogenated alkanes) is 2. The molecule has 1 rings (SSSR count). The highest BCUT2D eigenvalue weighted by atomic mass is 32.2. The predicted molar refractivity (Wildman–Crippen MR) is 76.7 cm³/mol. The summed E-state index contributed by atoms with van der Waals surface area (Å²) in [5.74, 6) is -0.265. The molecule has 0 saturated heterocycles. The van der Waals surface area contributed by atoms with Crippen molar-refractivity contribution >= 4 is 27.3 Å². The molecule has 7 heteroatoms. The number of likely N-dealkylation sites (N-methyl/N-ethyl adjacent to an activating group) is 1. The van der Waals surface area contributed by atoms with Crippen LogP contribution in [0, 0.1) is 0 Å². The maximum absolute atomic E-state index is 12.1. The summed E-state index contributed by atoms with van der Waals surface area (Å²) >= 11 is 1.15. The van der Waals surface area contributed by atoms with E-state index in [4.69, 9.17) is 0 Å². The lowest BCUT2D eigenvalue weighted by Crippen LogP contribution is -2.38. The molecule has 19 heavy (non-hydrogen) atoms. The van der Waals surface area contributed by atoms with Crippen molar-refractivity contribution < 1.29 is 13.2 Å². The SMILES string of the molecule is CCCCCNC(=O)CN(C)S(=O)(=O)c1cccs1. The van der Waals surface area contributed by atoms with E-state index < -0.39 is 10.0 Å². The molecule has 1 N–H and O–H groups in total. The van der Waals surface area contributed by atoms with Crippen molar-refractivity contribution in [1.29, 1.82) is 0 Å². The molecule has 0 aliphatic rings. The summed E-state index contributed by atoms with van der Waals surface area (Å²) in [6.45, 7) is 2.54. The molecule has 0 saturated carbocycles. The Morgan fingerprint density at radius 1 is 1.42 bits per heavy atom. The van der Waals surface area contributed by atoms with Crippen LogP contribution in [0.25, 0.3) is 0 Å². The van der Waals surface area contributed by atoms with Crippen molar-refractivity contribution in [3.8, 4) is 0 Å². The summed E-state index contributed by atoms with van der Waals surface area (Å²) in [5, 5.41) is 4.42. The summed E-state index contributed by atoms with van der Waals surface area (Å²) in [4.78, 5) is 11.6. The molecule has 1 aromatic rings. The second-order valence-electron chi connectivity index (χ2n) is 4.25. The zero-order valence-electron chi connectivity index (χ0n) is 11.3. The molecule has 1 amide bonds. The molecule has 108 valence electrons. The Kier molecular flexibility index (Phi) is 6.47. The van der Waals surface area contributed by atoms with Gasteiger partial charge in [0, 0.05) is 13.6 Å². The van der Waals surface area contributed by atoms with Crippen molar-refractivity contribution in [2.45, 2.75) is 30.4 Å². The Labute approximate surface area is 118 Å². The third kappa shape index (κ3) is 4.93. The number of nitrogens with zero attached hydrogens (tertiary/aromatic N) is 1. The van der Waals surface area contributed by atoms with Gasteiger partial charge in [0.2, 0.25) is 5.91 Å². The van der Waals surface area contributed by atoms with E-state index in [2.05, 4.69) is 12.2 Å². The molecule has 0 atom stereocenters. The number of hydrogen-bond acceptors (Lipinski definition) is 4. The van der Waals surface area contributed by atoms with Gasteiger partial charge in [0.15, 0.2) is 0 Å². The minimum atomic E-state index is -3.53. The fourth-order valence-electron chi connectivity index (χ4n) is 1.51. The summed E-state index contributed by atoms with van der Waals surface area (Å²) in [6, 6.07) is 3.21. The van der Waals surface area contributed by atoms with Crippen LogP contribution in [-0.2, 0) is 14.8 Å². The monoisotopic (exact) mass is 304 g/mol. The van der Waals surface area contributed by atoms with E-state index in [1.807, 2.05) is 0 Å². The van der Waals surface area contributed by atoms with E-state index in [0.29, 0.717) is 6.54 Å². The van der Waals surface area contributed by atoms with Gasteiger partial charge in [0.1, 0.15) is 4.21 Å². The van der Waals surface area contributed by atoms with Gasteiger partial charge in [-0.25, -0.2) is 8.42 Å². The maximum Gasteiger partial charge on any atom is 0.252 e. The summed E-state index contributed by atoms with van der Waals surface area (Å²) in [5.41, 5.74) is 0. The molecule has 0 radical (unpaired) electrons. The van der Waals surface area contributed by atoms with Crippen LogP contribution < -0.4 is 5.32 Å². The van der Waals surface area contributed by atoms with E-state index in [9.17, 15) is 13.2 Å². The van der Waals surface area contributed by atoms with Crippen LogP contribution in [0.3, 0.4) is 0 Å². The van der Waals surface area contributed by atoms with Crippen molar-refractivity contribution in [1.82, 2.24) is 9.62 Å².